The molecule has 22 heavy (non-hydrogen) atoms. The Morgan fingerprint density at radius 3 is 1.32 bits per heavy atom. The molecule has 118 valence electrons. The van der Waals surface area contributed by atoms with E-state index in [4.69, 9.17) is 11.5 Å². The van der Waals surface area contributed by atoms with Crippen molar-refractivity contribution >= 4 is 31.9 Å². The van der Waals surface area contributed by atoms with Gasteiger partial charge in [-0.25, -0.2) is 17.6 Å². The number of benzene rings is 2. The van der Waals surface area contributed by atoms with Crippen molar-refractivity contribution in [2.75, 3.05) is 0 Å². The summed E-state index contributed by atoms with van der Waals surface area (Å²) in [5.41, 5.74) is 11.2. The molecule has 8 heteroatoms. The van der Waals surface area contributed by atoms with Gasteiger partial charge in [0.05, 0.1) is 12.1 Å². The van der Waals surface area contributed by atoms with Crippen LogP contribution in [-0.2, 0) is 0 Å². The van der Waals surface area contributed by atoms with Gasteiger partial charge in [0.25, 0.3) is 0 Å². The first kappa shape index (κ1) is 17.4. The molecule has 0 aromatic heterocycles. The Balaban J connectivity index is 2.48. The van der Waals surface area contributed by atoms with Crippen molar-refractivity contribution < 1.29 is 17.6 Å². The predicted molar refractivity (Wildman–Crippen MR) is 82.0 cm³/mol. The van der Waals surface area contributed by atoms with Crippen LogP contribution in [0.25, 0.3) is 0 Å². The van der Waals surface area contributed by atoms with Gasteiger partial charge in [0.15, 0.2) is 23.3 Å². The quantitative estimate of drug-likeness (QED) is 0.545. The largest absolute Gasteiger partial charge is 0.322 e. The zero-order valence-electron chi connectivity index (χ0n) is 10.9. The van der Waals surface area contributed by atoms with Gasteiger partial charge in [0.1, 0.15) is 0 Å². The molecule has 0 aliphatic carbocycles. The first-order valence-electron chi connectivity index (χ1n) is 6.02. The highest BCUT2D eigenvalue weighted by atomic mass is 79.9. The average Bonchev–Trinajstić information content (AvgIpc) is 2.45. The predicted octanol–water partition coefficient (Wildman–Crippen LogP) is 4.47. The topological polar surface area (TPSA) is 52.0 Å². The van der Waals surface area contributed by atoms with Gasteiger partial charge in [-0.05, 0) is 24.3 Å². The van der Waals surface area contributed by atoms with E-state index in [0.717, 1.165) is 12.1 Å². The molecule has 0 heterocycles. The molecule has 0 amide bonds. The van der Waals surface area contributed by atoms with Crippen LogP contribution < -0.4 is 11.5 Å². The Kier molecular flexibility index (Phi) is 5.26. The lowest BCUT2D eigenvalue weighted by molar-refractivity contribution is 0.450. The van der Waals surface area contributed by atoms with Crippen molar-refractivity contribution in [1.29, 1.82) is 0 Å². The third-order valence-corrected chi connectivity index (χ3v) is 4.06. The van der Waals surface area contributed by atoms with Gasteiger partial charge in [-0.1, -0.05) is 31.9 Å². The van der Waals surface area contributed by atoms with Crippen molar-refractivity contribution in [2.24, 2.45) is 11.5 Å². The van der Waals surface area contributed by atoms with Crippen LogP contribution in [0.5, 0.6) is 0 Å². The van der Waals surface area contributed by atoms with Crippen molar-refractivity contribution in [3.05, 3.63) is 67.6 Å². The molecule has 0 saturated carbocycles. The van der Waals surface area contributed by atoms with Crippen LogP contribution in [0, 0.1) is 23.3 Å². The van der Waals surface area contributed by atoms with Gasteiger partial charge < -0.3 is 11.5 Å². The highest BCUT2D eigenvalue weighted by molar-refractivity contribution is 9.10. The molecule has 2 unspecified atom stereocenters. The minimum Gasteiger partial charge on any atom is -0.322 e. The Labute approximate surface area is 140 Å². The molecule has 0 spiro atoms. The fraction of sp³-hybridized carbons (Fsp3) is 0.143. The average molecular weight is 442 g/mol. The highest BCUT2D eigenvalue weighted by Gasteiger charge is 2.26. The van der Waals surface area contributed by atoms with E-state index < -0.39 is 35.4 Å². The summed E-state index contributed by atoms with van der Waals surface area (Å²) in [5, 5.41) is 0. The summed E-state index contributed by atoms with van der Waals surface area (Å²) >= 11 is 6.03. The first-order chi connectivity index (χ1) is 10.2. The van der Waals surface area contributed by atoms with Crippen LogP contribution in [0.4, 0.5) is 17.6 Å². The van der Waals surface area contributed by atoms with Gasteiger partial charge in [-0.2, -0.15) is 0 Å². The zero-order chi connectivity index (χ0) is 16.6. The van der Waals surface area contributed by atoms with E-state index in [1.54, 1.807) is 0 Å². The summed E-state index contributed by atoms with van der Waals surface area (Å²) in [4.78, 5) is 0. The summed E-state index contributed by atoms with van der Waals surface area (Å²) in [7, 11) is 0. The van der Waals surface area contributed by atoms with Crippen LogP contribution in [-0.4, -0.2) is 0 Å². The highest BCUT2D eigenvalue weighted by Crippen LogP contribution is 2.32. The number of rotatable bonds is 3. The smallest absolute Gasteiger partial charge is 0.163 e. The van der Waals surface area contributed by atoms with Crippen LogP contribution in [0.2, 0.25) is 0 Å². The maximum absolute atomic E-state index is 13.9. The molecule has 2 nitrogen and oxygen atoms in total. The van der Waals surface area contributed by atoms with E-state index in [2.05, 4.69) is 31.9 Å². The third-order valence-electron chi connectivity index (χ3n) is 3.15. The summed E-state index contributed by atoms with van der Waals surface area (Å²) < 4.78 is 55.1. The van der Waals surface area contributed by atoms with Crippen LogP contribution >= 0.6 is 31.9 Å². The molecule has 4 N–H and O–H groups in total. The number of hydrogen-bond donors (Lipinski definition) is 2. The maximum Gasteiger partial charge on any atom is 0.163 e. The zero-order valence-corrected chi connectivity index (χ0v) is 14.1. The summed E-state index contributed by atoms with van der Waals surface area (Å²) in [6, 6.07) is 1.81. The summed E-state index contributed by atoms with van der Waals surface area (Å²) in [6.07, 6.45) is 0. The SMILES string of the molecule is NC(c1cc(Br)cc(F)c1F)C(N)c1cc(Br)cc(F)c1F. The molecule has 0 aliphatic rings. The molecular weight excluding hydrogens is 432 g/mol. The molecule has 0 fully saturated rings. The number of halogens is 6. The van der Waals surface area contributed by atoms with E-state index in [1.165, 1.54) is 12.1 Å². The molecule has 2 aromatic rings. The van der Waals surface area contributed by atoms with E-state index >= 15 is 0 Å². The van der Waals surface area contributed by atoms with Crippen molar-refractivity contribution in [3.8, 4) is 0 Å². The van der Waals surface area contributed by atoms with Crippen molar-refractivity contribution in [3.63, 3.8) is 0 Å². The fourth-order valence-electron chi connectivity index (χ4n) is 2.02. The number of hydrogen-bond acceptors (Lipinski definition) is 2. The molecule has 0 aliphatic heterocycles. The van der Waals surface area contributed by atoms with Gasteiger partial charge in [0.2, 0.25) is 0 Å². The van der Waals surface area contributed by atoms with E-state index in [-0.39, 0.29) is 20.1 Å². The molecule has 0 bridgehead atoms. The lowest BCUT2D eigenvalue weighted by Crippen LogP contribution is -2.28. The standard InChI is InChI=1S/C14H10Br2F4N2/c15-5-1-7(11(19)9(17)3-5)13(21)14(22)8-2-6(16)4-10(18)12(8)20/h1-4,13-14H,21-22H2. The van der Waals surface area contributed by atoms with Gasteiger partial charge in [-0.15, -0.1) is 0 Å². The maximum atomic E-state index is 13.9. The lowest BCUT2D eigenvalue weighted by atomic mass is 9.94. The molecule has 0 radical (unpaired) electrons. The Bertz CT molecular complexity index is 663. The van der Waals surface area contributed by atoms with E-state index in [0.29, 0.717) is 0 Å². The van der Waals surface area contributed by atoms with Gasteiger partial charge >= 0.3 is 0 Å². The van der Waals surface area contributed by atoms with Gasteiger partial charge in [0, 0.05) is 20.1 Å². The number of nitrogens with two attached hydrogens (primary N) is 2. The molecule has 0 saturated heterocycles. The Hall–Kier alpha value is -0.960. The Morgan fingerprint density at radius 1 is 0.682 bits per heavy atom. The monoisotopic (exact) mass is 440 g/mol. The summed E-state index contributed by atoms with van der Waals surface area (Å²) in [5.74, 6) is -4.59. The second kappa shape index (κ2) is 6.66. The van der Waals surface area contributed by atoms with Crippen LogP contribution in [0.15, 0.2) is 33.2 Å². The molecular formula is C14H10Br2F4N2. The Morgan fingerprint density at radius 2 is 1.00 bits per heavy atom. The second-order valence-electron chi connectivity index (χ2n) is 4.63. The minimum absolute atomic E-state index is 0.237. The molecule has 2 atom stereocenters. The van der Waals surface area contributed by atoms with Crippen LogP contribution in [0.1, 0.15) is 23.2 Å². The minimum atomic E-state index is -1.27. The normalized spacial score (nSPS) is 14.0. The lowest BCUT2D eigenvalue weighted by Gasteiger charge is -2.22. The van der Waals surface area contributed by atoms with Gasteiger partial charge in [-0.3, -0.25) is 0 Å². The molecule has 2 rings (SSSR count). The van der Waals surface area contributed by atoms with Crippen molar-refractivity contribution in [1.82, 2.24) is 0 Å². The summed E-state index contributed by atoms with van der Waals surface area (Å²) in [6.45, 7) is 0. The molecule has 2 aromatic carbocycles. The van der Waals surface area contributed by atoms with Crippen LogP contribution in [0.3, 0.4) is 0 Å². The fourth-order valence-corrected chi connectivity index (χ4v) is 2.92. The third kappa shape index (κ3) is 3.34. The first-order valence-corrected chi connectivity index (χ1v) is 7.61. The van der Waals surface area contributed by atoms with E-state index in [9.17, 15) is 17.6 Å². The van der Waals surface area contributed by atoms with E-state index in [1.807, 2.05) is 0 Å². The second-order valence-corrected chi connectivity index (χ2v) is 6.46. The van der Waals surface area contributed by atoms with Crippen molar-refractivity contribution in [2.45, 2.75) is 12.1 Å².